The summed E-state index contributed by atoms with van der Waals surface area (Å²) in [4.78, 5) is 29.1. The van der Waals surface area contributed by atoms with Gasteiger partial charge in [0.25, 0.3) is 0 Å². The Morgan fingerprint density at radius 1 is 0.625 bits per heavy atom. The Kier molecular flexibility index (Phi) is 15.6. The van der Waals surface area contributed by atoms with Crippen LogP contribution in [0.4, 0.5) is 0 Å². The van der Waals surface area contributed by atoms with Gasteiger partial charge in [0.15, 0.2) is 0 Å². The van der Waals surface area contributed by atoms with Crippen molar-refractivity contribution >= 4 is 31.3 Å². The topological polar surface area (TPSA) is 79.2 Å². The van der Waals surface area contributed by atoms with Crippen molar-refractivity contribution in [3.63, 3.8) is 0 Å². The maximum absolute atomic E-state index is 9.70. The van der Waals surface area contributed by atoms with Gasteiger partial charge in [-0.2, -0.15) is 0 Å². The fraction of sp³-hybridized carbons (Fsp3) is 1.00. The average Bonchev–Trinajstić information content (AvgIpc) is 2.52. The second kappa shape index (κ2) is 15.0. The zero-order valence-corrected chi connectivity index (χ0v) is 17.8. The quantitative estimate of drug-likeness (QED) is 0.225. The number of thioether (sulfide) groups is 2. The van der Waals surface area contributed by atoms with Gasteiger partial charge in [-0.15, -0.1) is 0 Å². The van der Waals surface area contributed by atoms with E-state index in [1.807, 2.05) is 0 Å². The third kappa shape index (κ3) is 17.7. The van der Waals surface area contributed by atoms with Gasteiger partial charge in [-0.3, -0.25) is 0 Å². The van der Waals surface area contributed by atoms with Crippen LogP contribution in [0, 0.1) is 0 Å². The first-order valence-electron chi connectivity index (χ1n) is 9.11. The van der Waals surface area contributed by atoms with Crippen LogP contribution in [-0.2, 0) is 9.05 Å². The van der Waals surface area contributed by atoms with E-state index in [-0.39, 0.29) is 13.2 Å². The first-order chi connectivity index (χ1) is 11.4. The molecule has 8 heteroatoms. The van der Waals surface area contributed by atoms with E-state index >= 15 is 0 Å². The van der Waals surface area contributed by atoms with E-state index in [1.54, 1.807) is 23.5 Å². The Hall–Kier alpha value is 0.930. The number of hydrogen-bond acceptors (Lipinski definition) is 7. The second-order valence-corrected chi connectivity index (χ2v) is 10.5. The molecule has 0 amide bonds. The SMILES string of the molecule is CCCCCCSCCOP(O)(O)(O)OCCSCCCCCC. The van der Waals surface area contributed by atoms with Crippen molar-refractivity contribution in [1.82, 2.24) is 0 Å². The van der Waals surface area contributed by atoms with Crippen LogP contribution in [0.25, 0.3) is 0 Å². The third-order valence-corrected chi connectivity index (χ3v) is 6.71. The van der Waals surface area contributed by atoms with E-state index in [0.29, 0.717) is 11.5 Å². The molecule has 0 aliphatic rings. The van der Waals surface area contributed by atoms with Gasteiger partial charge in [0.2, 0.25) is 0 Å². The minimum atomic E-state index is -5.36. The van der Waals surface area contributed by atoms with Crippen LogP contribution in [0.15, 0.2) is 0 Å². The van der Waals surface area contributed by atoms with Crippen LogP contribution in [-0.4, -0.2) is 50.9 Å². The van der Waals surface area contributed by atoms with E-state index in [2.05, 4.69) is 13.8 Å². The molecular weight excluding hydrogens is 367 g/mol. The van der Waals surface area contributed by atoms with Gasteiger partial charge in [0.05, 0.1) is 0 Å². The summed E-state index contributed by atoms with van der Waals surface area (Å²) < 4.78 is 9.70. The predicted octanol–water partition coefficient (Wildman–Crippen LogP) is 4.75. The van der Waals surface area contributed by atoms with Gasteiger partial charge in [-0.1, -0.05) is 0 Å². The fourth-order valence-electron chi connectivity index (χ4n) is 2.02. The predicted molar refractivity (Wildman–Crippen MR) is 108 cm³/mol. The monoisotopic (exact) mass is 404 g/mol. The number of hydrogen-bond donors (Lipinski definition) is 3. The fourth-order valence-corrected chi connectivity index (χ4v) is 4.79. The first-order valence-corrected chi connectivity index (χ1v) is 13.4. The molecule has 0 aliphatic heterocycles. The summed E-state index contributed by atoms with van der Waals surface area (Å²) in [7, 11) is -5.36. The summed E-state index contributed by atoms with van der Waals surface area (Å²) in [5.74, 6) is 3.27. The molecule has 0 spiro atoms. The normalized spacial score (nSPS) is 13.8. The molecule has 0 rings (SSSR count). The van der Waals surface area contributed by atoms with Crippen molar-refractivity contribution in [3.8, 4) is 0 Å². The number of rotatable bonds is 18. The van der Waals surface area contributed by atoms with Gasteiger partial charge in [-0.05, 0) is 0 Å². The molecule has 0 atom stereocenters. The Morgan fingerprint density at radius 2 is 1.04 bits per heavy atom. The summed E-state index contributed by atoms with van der Waals surface area (Å²) in [6.07, 6.45) is 9.71. The van der Waals surface area contributed by atoms with Crippen molar-refractivity contribution in [2.45, 2.75) is 65.2 Å². The van der Waals surface area contributed by atoms with E-state index < -0.39 is 7.74 Å². The van der Waals surface area contributed by atoms with Crippen LogP contribution in [0.1, 0.15) is 65.2 Å². The summed E-state index contributed by atoms with van der Waals surface area (Å²) in [5.41, 5.74) is 0. The molecule has 0 bridgehead atoms. The van der Waals surface area contributed by atoms with Gasteiger partial charge in [0, 0.05) is 0 Å². The molecule has 0 saturated carbocycles. The maximum atomic E-state index is 9.70. The average molecular weight is 405 g/mol. The Balaban J connectivity index is 3.56. The van der Waals surface area contributed by atoms with Crippen LogP contribution in [0.2, 0.25) is 0 Å². The molecule has 0 unspecified atom stereocenters. The summed E-state index contributed by atoms with van der Waals surface area (Å²) in [6, 6.07) is 0. The van der Waals surface area contributed by atoms with E-state index in [9.17, 15) is 14.7 Å². The molecule has 0 aromatic rings. The van der Waals surface area contributed by atoms with Gasteiger partial charge in [0.1, 0.15) is 0 Å². The zero-order chi connectivity index (χ0) is 18.2. The van der Waals surface area contributed by atoms with Crippen LogP contribution in [0.3, 0.4) is 0 Å². The molecule has 0 aromatic heterocycles. The zero-order valence-electron chi connectivity index (χ0n) is 15.3. The van der Waals surface area contributed by atoms with Crippen molar-refractivity contribution in [2.75, 3.05) is 36.2 Å². The first kappa shape index (κ1) is 24.9. The molecule has 5 nitrogen and oxygen atoms in total. The Bertz CT molecular complexity index is 263. The van der Waals surface area contributed by atoms with Gasteiger partial charge in [-0.25, -0.2) is 0 Å². The molecule has 0 aromatic carbocycles. The van der Waals surface area contributed by atoms with Crippen LogP contribution in [0.5, 0.6) is 0 Å². The van der Waals surface area contributed by atoms with Crippen molar-refractivity contribution in [3.05, 3.63) is 0 Å². The molecule has 24 heavy (non-hydrogen) atoms. The molecule has 0 aliphatic carbocycles. The summed E-state index contributed by atoms with van der Waals surface area (Å²) >= 11 is 3.37. The summed E-state index contributed by atoms with van der Waals surface area (Å²) in [5, 5.41) is 0. The van der Waals surface area contributed by atoms with Crippen molar-refractivity contribution in [1.29, 1.82) is 0 Å². The van der Waals surface area contributed by atoms with Crippen molar-refractivity contribution in [2.24, 2.45) is 0 Å². The molecular formula is C16H37O5PS2. The third-order valence-electron chi connectivity index (χ3n) is 3.37. The van der Waals surface area contributed by atoms with Crippen molar-refractivity contribution < 1.29 is 23.7 Å². The molecule has 0 fully saturated rings. The Labute approximate surface area is 156 Å². The minimum absolute atomic E-state index is 0.0733. The van der Waals surface area contributed by atoms with Crippen LogP contribution >= 0.6 is 31.3 Å². The second-order valence-electron chi connectivity index (χ2n) is 5.85. The van der Waals surface area contributed by atoms with E-state index in [4.69, 9.17) is 9.05 Å². The van der Waals surface area contributed by atoms with E-state index in [1.165, 1.54) is 38.5 Å². The van der Waals surface area contributed by atoms with Gasteiger partial charge < -0.3 is 0 Å². The van der Waals surface area contributed by atoms with E-state index in [0.717, 1.165) is 24.3 Å². The molecule has 0 radical (unpaired) electrons. The molecule has 148 valence electrons. The Morgan fingerprint density at radius 3 is 1.42 bits per heavy atom. The standard InChI is InChI=1S/C16H37O5PS2/c1-3-5-7-9-13-23-15-11-20-22(17,18,19)21-12-16-24-14-10-8-6-4-2/h17-19H,3-16H2,1-2H3. The number of unbranched alkanes of at least 4 members (excludes halogenated alkanes) is 6. The van der Waals surface area contributed by atoms with Crippen LogP contribution < -0.4 is 0 Å². The molecule has 0 saturated heterocycles. The molecule has 0 heterocycles. The molecule has 3 N–H and O–H groups in total. The summed E-state index contributed by atoms with van der Waals surface area (Å²) in [6.45, 7) is 4.51. The van der Waals surface area contributed by atoms with Gasteiger partial charge >= 0.3 is 156 Å².